The Morgan fingerprint density at radius 3 is 1.67 bits per heavy atom. The molecular formula is C19H40NO6P. The van der Waals surface area contributed by atoms with Gasteiger partial charge in [-0.25, -0.2) is 9.65 Å². The minimum Gasteiger partial charge on any atom is -0.480 e. The quantitative estimate of drug-likeness (QED) is 0.171. The Bertz CT molecular complexity index is 408. The molecule has 0 radical (unpaired) electrons. The first kappa shape index (κ1) is 26.5. The molecule has 27 heavy (non-hydrogen) atoms. The number of unbranched alkanes of at least 4 members (excludes halogenated alkanes) is 13. The minimum absolute atomic E-state index is 0.0938. The van der Waals surface area contributed by atoms with Gasteiger partial charge in [-0.05, 0) is 6.42 Å². The number of aliphatic hydroxyl groups is 1. The summed E-state index contributed by atoms with van der Waals surface area (Å²) in [6.07, 6.45) is 17.1. The molecule has 0 aromatic rings. The maximum Gasteiger partial charge on any atom is 0.403 e. The van der Waals surface area contributed by atoms with Gasteiger partial charge in [-0.15, -0.1) is 0 Å². The summed E-state index contributed by atoms with van der Waals surface area (Å²) in [6, 6.07) is -1.50. The molecule has 0 aliphatic rings. The monoisotopic (exact) mass is 409 g/mol. The van der Waals surface area contributed by atoms with Crippen molar-refractivity contribution in [1.82, 2.24) is 5.09 Å². The molecular weight excluding hydrogens is 369 g/mol. The van der Waals surface area contributed by atoms with Crippen LogP contribution in [0.15, 0.2) is 0 Å². The maximum atomic E-state index is 11.7. The lowest BCUT2D eigenvalue weighted by molar-refractivity contribution is -0.140. The molecule has 0 aromatic heterocycles. The predicted molar refractivity (Wildman–Crippen MR) is 108 cm³/mol. The normalized spacial score (nSPS) is 14.8. The van der Waals surface area contributed by atoms with E-state index in [4.69, 9.17) is 14.7 Å². The van der Waals surface area contributed by atoms with Gasteiger partial charge in [0.2, 0.25) is 0 Å². The summed E-state index contributed by atoms with van der Waals surface area (Å²) in [5, 5.41) is 19.5. The molecule has 2 atom stereocenters. The zero-order chi connectivity index (χ0) is 20.4. The Kier molecular flexibility index (Phi) is 17.3. The summed E-state index contributed by atoms with van der Waals surface area (Å²) < 4.78 is 16.5. The second-order valence-corrected chi connectivity index (χ2v) is 8.71. The van der Waals surface area contributed by atoms with E-state index in [2.05, 4.69) is 6.92 Å². The molecule has 8 heteroatoms. The van der Waals surface area contributed by atoms with Gasteiger partial charge in [0, 0.05) is 0 Å². The second-order valence-electron chi connectivity index (χ2n) is 7.15. The van der Waals surface area contributed by atoms with Gasteiger partial charge in [-0.3, -0.25) is 9.32 Å². The number of nitrogens with one attached hydrogen (secondary N) is 1. The molecule has 0 amide bonds. The first-order valence-corrected chi connectivity index (χ1v) is 12.1. The van der Waals surface area contributed by atoms with Crippen LogP contribution in [0.2, 0.25) is 0 Å². The van der Waals surface area contributed by atoms with Crippen LogP contribution in [0.1, 0.15) is 96.8 Å². The molecule has 7 nitrogen and oxygen atoms in total. The minimum atomic E-state index is -4.20. The number of carbonyl (C=O) groups is 1. The van der Waals surface area contributed by atoms with Crippen molar-refractivity contribution in [2.75, 3.05) is 13.2 Å². The Labute approximate surface area is 164 Å². The fourth-order valence-corrected chi connectivity index (χ4v) is 3.93. The average Bonchev–Trinajstić information content (AvgIpc) is 2.62. The molecule has 0 aliphatic carbocycles. The SMILES string of the molecule is CCCCCCCCCCCCCCCCOP(=O)(O)NC(CO)C(=O)O. The lowest BCUT2D eigenvalue weighted by atomic mass is 10.0. The summed E-state index contributed by atoms with van der Waals surface area (Å²) in [4.78, 5) is 20.2. The van der Waals surface area contributed by atoms with E-state index in [1.807, 2.05) is 5.09 Å². The maximum absolute atomic E-state index is 11.7. The van der Waals surface area contributed by atoms with Gasteiger partial charge in [-0.1, -0.05) is 90.4 Å². The van der Waals surface area contributed by atoms with E-state index in [1.54, 1.807) is 0 Å². The average molecular weight is 410 g/mol. The molecule has 0 heterocycles. The molecule has 0 bridgehead atoms. The first-order valence-electron chi connectivity index (χ1n) is 10.5. The number of rotatable bonds is 20. The van der Waals surface area contributed by atoms with Crippen LogP contribution in [0.25, 0.3) is 0 Å². The molecule has 0 aliphatic heterocycles. The number of carboxylic acid groups (broad SMARTS) is 1. The van der Waals surface area contributed by atoms with Crippen LogP contribution >= 0.6 is 7.75 Å². The van der Waals surface area contributed by atoms with Gasteiger partial charge in [0.1, 0.15) is 6.04 Å². The van der Waals surface area contributed by atoms with Crippen molar-refractivity contribution in [2.24, 2.45) is 0 Å². The van der Waals surface area contributed by atoms with Gasteiger partial charge in [0.25, 0.3) is 0 Å². The summed E-state index contributed by atoms with van der Waals surface area (Å²) in [7, 11) is -4.20. The van der Waals surface area contributed by atoms with Gasteiger partial charge in [-0.2, -0.15) is 0 Å². The molecule has 0 rings (SSSR count). The van der Waals surface area contributed by atoms with Crippen LogP contribution in [-0.4, -0.2) is 40.3 Å². The van der Waals surface area contributed by atoms with E-state index < -0.39 is 26.4 Å². The fourth-order valence-electron chi connectivity index (χ4n) is 2.89. The van der Waals surface area contributed by atoms with E-state index >= 15 is 0 Å². The lowest BCUT2D eigenvalue weighted by Crippen LogP contribution is -2.38. The topological polar surface area (TPSA) is 116 Å². The van der Waals surface area contributed by atoms with Crippen LogP contribution in [0.3, 0.4) is 0 Å². The highest BCUT2D eigenvalue weighted by atomic mass is 31.2. The summed E-state index contributed by atoms with van der Waals surface area (Å²) >= 11 is 0. The van der Waals surface area contributed by atoms with Crippen molar-refractivity contribution < 1.29 is 29.0 Å². The molecule has 2 unspecified atom stereocenters. The van der Waals surface area contributed by atoms with Gasteiger partial charge >= 0.3 is 13.7 Å². The number of hydrogen-bond acceptors (Lipinski definition) is 4. The van der Waals surface area contributed by atoms with Crippen LogP contribution < -0.4 is 5.09 Å². The predicted octanol–water partition coefficient (Wildman–Crippen LogP) is 4.62. The molecule has 0 saturated carbocycles. The Morgan fingerprint density at radius 1 is 0.889 bits per heavy atom. The smallest absolute Gasteiger partial charge is 0.403 e. The third-order valence-electron chi connectivity index (χ3n) is 4.56. The zero-order valence-corrected chi connectivity index (χ0v) is 17.8. The lowest BCUT2D eigenvalue weighted by Gasteiger charge is -2.17. The summed E-state index contributed by atoms with van der Waals surface area (Å²) in [5.74, 6) is -1.40. The molecule has 0 fully saturated rings. The number of hydrogen-bond donors (Lipinski definition) is 4. The van der Waals surface area contributed by atoms with Crippen molar-refractivity contribution in [3.63, 3.8) is 0 Å². The van der Waals surface area contributed by atoms with Crippen molar-refractivity contribution >= 4 is 13.7 Å². The van der Waals surface area contributed by atoms with Crippen molar-refractivity contribution in [1.29, 1.82) is 0 Å². The van der Waals surface area contributed by atoms with Crippen molar-refractivity contribution in [2.45, 2.75) is 103 Å². The number of aliphatic carboxylic acids is 1. The Hall–Kier alpha value is -0.460. The van der Waals surface area contributed by atoms with E-state index in [0.29, 0.717) is 6.42 Å². The highest BCUT2D eigenvalue weighted by Crippen LogP contribution is 2.37. The highest BCUT2D eigenvalue weighted by molar-refractivity contribution is 7.50. The van der Waals surface area contributed by atoms with E-state index in [0.717, 1.165) is 19.3 Å². The molecule has 4 N–H and O–H groups in total. The number of aliphatic hydroxyl groups excluding tert-OH is 1. The molecule has 0 saturated heterocycles. The third-order valence-corrected chi connectivity index (χ3v) is 5.73. The molecule has 0 spiro atoms. The van der Waals surface area contributed by atoms with Crippen LogP contribution in [-0.2, 0) is 13.9 Å². The van der Waals surface area contributed by atoms with Gasteiger partial charge in [0.15, 0.2) is 0 Å². The first-order chi connectivity index (χ1) is 12.9. The zero-order valence-electron chi connectivity index (χ0n) is 16.9. The Morgan fingerprint density at radius 2 is 1.30 bits per heavy atom. The molecule has 162 valence electrons. The van der Waals surface area contributed by atoms with Crippen molar-refractivity contribution in [3.05, 3.63) is 0 Å². The second kappa shape index (κ2) is 17.6. The summed E-state index contributed by atoms with van der Waals surface area (Å²) in [6.45, 7) is 1.56. The van der Waals surface area contributed by atoms with Crippen molar-refractivity contribution in [3.8, 4) is 0 Å². The van der Waals surface area contributed by atoms with Crippen LogP contribution in [0, 0.1) is 0 Å². The standard InChI is InChI=1S/C19H40NO6P/c1-2-3-4-5-6-7-8-9-10-11-12-13-14-15-16-26-27(24,25)20-18(17-21)19(22)23/h18,21H,2-17H2,1H3,(H,22,23)(H2,20,24,25). The number of carboxylic acids is 1. The van der Waals surface area contributed by atoms with Gasteiger partial charge < -0.3 is 15.1 Å². The highest BCUT2D eigenvalue weighted by Gasteiger charge is 2.28. The molecule has 0 aromatic carbocycles. The van der Waals surface area contributed by atoms with E-state index in [1.165, 1.54) is 64.2 Å². The van der Waals surface area contributed by atoms with Gasteiger partial charge in [0.05, 0.1) is 13.2 Å². The largest absolute Gasteiger partial charge is 0.480 e. The van der Waals surface area contributed by atoms with Crippen LogP contribution in [0.5, 0.6) is 0 Å². The van der Waals surface area contributed by atoms with E-state index in [-0.39, 0.29) is 6.61 Å². The third kappa shape index (κ3) is 17.4. The Balaban J connectivity index is 3.42. The summed E-state index contributed by atoms with van der Waals surface area (Å²) in [5.41, 5.74) is 0. The van der Waals surface area contributed by atoms with E-state index in [9.17, 15) is 14.3 Å². The van der Waals surface area contributed by atoms with Crippen LogP contribution in [0.4, 0.5) is 0 Å². The fraction of sp³-hybridized carbons (Fsp3) is 0.947.